The molecule has 0 spiro atoms. The van der Waals surface area contributed by atoms with Crippen LogP contribution in [0.2, 0.25) is 0 Å². The maximum absolute atomic E-state index is 12.9. The molecule has 1 saturated heterocycles. The first-order valence-corrected chi connectivity index (χ1v) is 6.79. The number of hydrogen-bond acceptors (Lipinski definition) is 2. The predicted octanol–water partition coefficient (Wildman–Crippen LogP) is 4.30. The number of nitrogens with zero attached hydrogens (tertiary/aromatic N) is 1. The van der Waals surface area contributed by atoms with Crippen molar-refractivity contribution >= 4 is 6.09 Å². The number of amides is 1. The zero-order valence-corrected chi connectivity index (χ0v) is 12.4. The van der Waals surface area contributed by atoms with Gasteiger partial charge in [-0.1, -0.05) is 11.6 Å². The van der Waals surface area contributed by atoms with E-state index in [0.29, 0.717) is 11.1 Å². The molecular weight excluding hydrogens is 283 g/mol. The second-order valence-corrected chi connectivity index (χ2v) is 5.68. The largest absolute Gasteiger partial charge is 0.439 e. The van der Waals surface area contributed by atoms with Crippen LogP contribution in [0.4, 0.5) is 18.0 Å². The highest BCUT2D eigenvalue weighted by Gasteiger charge is 2.42. The second-order valence-electron chi connectivity index (χ2n) is 5.68. The van der Waals surface area contributed by atoms with Crippen LogP contribution in [0.25, 0.3) is 0 Å². The van der Waals surface area contributed by atoms with Crippen molar-refractivity contribution in [2.24, 2.45) is 0 Å². The molecule has 3 nitrogen and oxygen atoms in total. The topological polar surface area (TPSA) is 29.5 Å². The minimum absolute atomic E-state index is 0.0654. The Morgan fingerprint density at radius 2 is 1.86 bits per heavy atom. The van der Waals surface area contributed by atoms with E-state index in [1.165, 1.54) is 0 Å². The SMILES string of the molecule is Cc1cc([C@@H]2OC(=O)N(C(C)C)[C@H]2C)cc(C(F)(F)F)c1. The summed E-state index contributed by atoms with van der Waals surface area (Å²) in [6, 6.07) is 3.41. The number of carbonyl (C=O) groups is 1. The molecule has 1 heterocycles. The zero-order valence-electron chi connectivity index (χ0n) is 12.4. The summed E-state index contributed by atoms with van der Waals surface area (Å²) in [7, 11) is 0. The Balaban J connectivity index is 2.39. The number of carbonyl (C=O) groups excluding carboxylic acids is 1. The molecule has 0 N–H and O–H groups in total. The molecule has 2 rings (SSSR count). The number of cyclic esters (lactones) is 1. The standard InChI is InChI=1S/C15H18F3NO2/c1-8(2)19-10(4)13(21-14(19)20)11-5-9(3)6-12(7-11)15(16,17)18/h5-8,10,13H,1-4H3/t10-,13+/m0/s1. The third kappa shape index (κ3) is 2.99. The van der Waals surface area contributed by atoms with E-state index in [2.05, 4.69) is 0 Å². The van der Waals surface area contributed by atoms with E-state index in [1.807, 2.05) is 13.8 Å². The maximum atomic E-state index is 12.9. The first-order valence-electron chi connectivity index (χ1n) is 6.79. The highest BCUT2D eigenvalue weighted by atomic mass is 19.4. The summed E-state index contributed by atoms with van der Waals surface area (Å²) in [6.07, 6.45) is -5.58. The Kier molecular flexibility index (Phi) is 3.91. The number of hydrogen-bond donors (Lipinski definition) is 0. The van der Waals surface area contributed by atoms with E-state index < -0.39 is 23.9 Å². The number of alkyl halides is 3. The van der Waals surface area contributed by atoms with E-state index >= 15 is 0 Å². The minimum atomic E-state index is -4.41. The quantitative estimate of drug-likeness (QED) is 0.815. The fourth-order valence-electron chi connectivity index (χ4n) is 2.75. The van der Waals surface area contributed by atoms with Gasteiger partial charge in [0, 0.05) is 6.04 Å². The molecule has 1 fully saturated rings. The number of rotatable bonds is 2. The summed E-state index contributed by atoms with van der Waals surface area (Å²) in [5.74, 6) is 0. The van der Waals surface area contributed by atoms with Crippen LogP contribution in [-0.4, -0.2) is 23.1 Å². The number of aryl methyl sites for hydroxylation is 1. The van der Waals surface area contributed by atoms with Gasteiger partial charge < -0.3 is 4.74 Å². The van der Waals surface area contributed by atoms with Crippen molar-refractivity contribution in [3.05, 3.63) is 34.9 Å². The molecular formula is C15H18F3NO2. The van der Waals surface area contributed by atoms with Crippen molar-refractivity contribution in [2.45, 2.75) is 52.1 Å². The molecule has 0 bridgehead atoms. The highest BCUT2D eigenvalue weighted by molar-refractivity contribution is 5.71. The Labute approximate surface area is 121 Å². The van der Waals surface area contributed by atoms with Crippen LogP contribution in [0.15, 0.2) is 18.2 Å². The first kappa shape index (κ1) is 15.7. The maximum Gasteiger partial charge on any atom is 0.416 e. The average Bonchev–Trinajstić information content (AvgIpc) is 2.62. The van der Waals surface area contributed by atoms with Gasteiger partial charge in [0.1, 0.15) is 6.10 Å². The fourth-order valence-corrected chi connectivity index (χ4v) is 2.75. The van der Waals surface area contributed by atoms with Gasteiger partial charge in [0.15, 0.2) is 0 Å². The molecule has 0 saturated carbocycles. The first-order chi connectivity index (χ1) is 9.61. The van der Waals surface area contributed by atoms with E-state index in [9.17, 15) is 18.0 Å². The van der Waals surface area contributed by atoms with E-state index in [4.69, 9.17) is 4.74 Å². The van der Waals surface area contributed by atoms with Crippen LogP contribution in [-0.2, 0) is 10.9 Å². The van der Waals surface area contributed by atoms with Gasteiger partial charge in [-0.3, -0.25) is 4.90 Å². The summed E-state index contributed by atoms with van der Waals surface area (Å²) in [4.78, 5) is 13.4. The van der Waals surface area contributed by atoms with Crippen molar-refractivity contribution in [3.63, 3.8) is 0 Å². The van der Waals surface area contributed by atoms with Crippen molar-refractivity contribution in [1.82, 2.24) is 4.90 Å². The smallest absolute Gasteiger partial charge is 0.416 e. The summed E-state index contributed by atoms with van der Waals surface area (Å²) >= 11 is 0. The van der Waals surface area contributed by atoms with Crippen molar-refractivity contribution in [2.75, 3.05) is 0 Å². The lowest BCUT2D eigenvalue weighted by Gasteiger charge is -2.24. The Morgan fingerprint density at radius 1 is 1.24 bits per heavy atom. The fraction of sp³-hybridized carbons (Fsp3) is 0.533. The lowest BCUT2D eigenvalue weighted by molar-refractivity contribution is -0.137. The number of benzene rings is 1. The molecule has 2 atom stereocenters. The lowest BCUT2D eigenvalue weighted by atomic mass is 9.98. The van der Waals surface area contributed by atoms with Gasteiger partial charge in [-0.2, -0.15) is 13.2 Å². The van der Waals surface area contributed by atoms with E-state index in [-0.39, 0.29) is 12.1 Å². The van der Waals surface area contributed by atoms with Crippen LogP contribution < -0.4 is 0 Å². The molecule has 0 aromatic heterocycles. The average molecular weight is 301 g/mol. The van der Waals surface area contributed by atoms with Gasteiger partial charge >= 0.3 is 12.3 Å². The van der Waals surface area contributed by atoms with E-state index in [0.717, 1.165) is 12.1 Å². The molecule has 0 unspecified atom stereocenters. The van der Waals surface area contributed by atoms with Crippen LogP contribution in [0, 0.1) is 6.92 Å². The van der Waals surface area contributed by atoms with Crippen LogP contribution in [0.5, 0.6) is 0 Å². The number of halogens is 3. The summed E-state index contributed by atoms with van der Waals surface area (Å²) in [6.45, 7) is 7.07. The predicted molar refractivity (Wildman–Crippen MR) is 71.8 cm³/mol. The van der Waals surface area contributed by atoms with E-state index in [1.54, 1.807) is 24.8 Å². The minimum Gasteiger partial charge on any atom is -0.439 e. The molecule has 1 aromatic rings. The Morgan fingerprint density at radius 3 is 2.33 bits per heavy atom. The molecule has 0 radical (unpaired) electrons. The highest BCUT2D eigenvalue weighted by Crippen LogP contribution is 2.37. The molecule has 1 amide bonds. The summed E-state index contributed by atoms with van der Waals surface area (Å²) < 4.78 is 44.0. The summed E-state index contributed by atoms with van der Waals surface area (Å²) in [5, 5.41) is 0. The molecule has 1 aliphatic rings. The molecule has 116 valence electrons. The van der Waals surface area contributed by atoms with Crippen molar-refractivity contribution < 1.29 is 22.7 Å². The van der Waals surface area contributed by atoms with Gasteiger partial charge in [0.2, 0.25) is 0 Å². The molecule has 1 aliphatic heterocycles. The lowest BCUT2D eigenvalue weighted by Crippen LogP contribution is -2.37. The van der Waals surface area contributed by atoms with Crippen LogP contribution >= 0.6 is 0 Å². The summed E-state index contributed by atoms with van der Waals surface area (Å²) in [5.41, 5.74) is 0.154. The van der Waals surface area contributed by atoms with Gasteiger partial charge in [-0.25, -0.2) is 4.79 Å². The molecule has 21 heavy (non-hydrogen) atoms. The number of ether oxygens (including phenoxy) is 1. The van der Waals surface area contributed by atoms with Crippen LogP contribution in [0.3, 0.4) is 0 Å². The van der Waals surface area contributed by atoms with Gasteiger partial charge in [0.25, 0.3) is 0 Å². The van der Waals surface area contributed by atoms with Gasteiger partial charge in [-0.05, 0) is 45.4 Å². The van der Waals surface area contributed by atoms with Crippen molar-refractivity contribution in [1.29, 1.82) is 0 Å². The molecule has 6 heteroatoms. The Bertz CT molecular complexity index is 554. The Hall–Kier alpha value is -1.72. The molecule has 1 aromatic carbocycles. The second kappa shape index (κ2) is 5.24. The normalized spacial score (nSPS) is 22.9. The van der Waals surface area contributed by atoms with Crippen molar-refractivity contribution in [3.8, 4) is 0 Å². The monoisotopic (exact) mass is 301 g/mol. The third-order valence-electron chi connectivity index (χ3n) is 3.63. The van der Waals surface area contributed by atoms with Gasteiger partial charge in [-0.15, -0.1) is 0 Å². The third-order valence-corrected chi connectivity index (χ3v) is 3.63. The molecule has 0 aliphatic carbocycles. The zero-order chi connectivity index (χ0) is 15.9. The van der Waals surface area contributed by atoms with Crippen LogP contribution in [0.1, 0.15) is 43.6 Å². The van der Waals surface area contributed by atoms with Gasteiger partial charge in [0.05, 0.1) is 11.6 Å².